The number of morpholine rings is 1. The van der Waals surface area contributed by atoms with E-state index in [1.54, 1.807) is 0 Å². The van der Waals surface area contributed by atoms with Crippen LogP contribution in [-0.2, 0) is 10.9 Å². The number of nitrogens with zero attached hydrogens (tertiary/aromatic N) is 3. The molecule has 2 N–H and O–H groups in total. The maximum Gasteiger partial charge on any atom is 0.417 e. The Kier molecular flexibility index (Phi) is 6.14. The number of thiophene rings is 1. The van der Waals surface area contributed by atoms with Gasteiger partial charge in [-0.1, -0.05) is 0 Å². The van der Waals surface area contributed by atoms with Crippen molar-refractivity contribution >= 4 is 33.3 Å². The van der Waals surface area contributed by atoms with Gasteiger partial charge in [0.1, 0.15) is 5.82 Å². The Hall–Kier alpha value is -1.95. The molecule has 0 aromatic carbocycles. The number of aromatic nitrogens is 1. The second-order valence-corrected chi connectivity index (χ2v) is 8.30. The standard InChI is InChI=1S/C19H24F3N5O2S/c1-23-18(28)13-11-30-17-14(19(20,21)22)8-15(25-16(13)17)27-5-3-26(4-6-27)10-12-9-24-2-7-29-12/h8,11-12,24H,2-7,9-10H2,1H3,(H,23,28)/t12-/m0/s1. The van der Waals surface area contributed by atoms with Gasteiger partial charge in [0.25, 0.3) is 5.91 Å². The average molecular weight is 443 g/mol. The summed E-state index contributed by atoms with van der Waals surface area (Å²) in [4.78, 5) is 20.7. The van der Waals surface area contributed by atoms with E-state index in [1.165, 1.54) is 12.4 Å². The van der Waals surface area contributed by atoms with Gasteiger partial charge in [-0.25, -0.2) is 4.98 Å². The number of alkyl halides is 3. The summed E-state index contributed by atoms with van der Waals surface area (Å²) in [5, 5.41) is 7.21. The summed E-state index contributed by atoms with van der Waals surface area (Å²) in [6.07, 6.45) is -4.38. The van der Waals surface area contributed by atoms with E-state index in [-0.39, 0.29) is 27.7 Å². The highest BCUT2D eigenvalue weighted by atomic mass is 32.1. The lowest BCUT2D eigenvalue weighted by molar-refractivity contribution is -0.136. The molecule has 0 unspecified atom stereocenters. The van der Waals surface area contributed by atoms with Crippen molar-refractivity contribution < 1.29 is 22.7 Å². The van der Waals surface area contributed by atoms with E-state index in [2.05, 4.69) is 20.5 Å². The Labute approximate surface area is 176 Å². The Morgan fingerprint density at radius 1 is 1.37 bits per heavy atom. The van der Waals surface area contributed by atoms with Crippen LogP contribution in [0.15, 0.2) is 11.4 Å². The summed E-state index contributed by atoms with van der Waals surface area (Å²) in [6, 6.07) is 1.11. The number of piperazine rings is 1. The summed E-state index contributed by atoms with van der Waals surface area (Å²) < 4.78 is 46.9. The zero-order chi connectivity index (χ0) is 21.3. The Bertz CT molecular complexity index is 905. The van der Waals surface area contributed by atoms with Crippen molar-refractivity contribution in [1.82, 2.24) is 20.5 Å². The van der Waals surface area contributed by atoms with Gasteiger partial charge in [-0.15, -0.1) is 11.3 Å². The minimum absolute atomic E-state index is 0.00886. The molecule has 0 bridgehead atoms. The molecule has 11 heteroatoms. The largest absolute Gasteiger partial charge is 0.417 e. The number of carbonyl (C=O) groups is 1. The highest BCUT2D eigenvalue weighted by Gasteiger charge is 2.36. The molecule has 2 aromatic rings. The molecule has 0 saturated carbocycles. The number of fused-ring (bicyclic) bond motifs is 1. The normalized spacial score (nSPS) is 21.2. The van der Waals surface area contributed by atoms with E-state index in [4.69, 9.17) is 4.74 Å². The first kappa shape index (κ1) is 21.3. The fourth-order valence-corrected chi connectivity index (χ4v) is 4.87. The van der Waals surface area contributed by atoms with Crippen molar-refractivity contribution in [3.63, 3.8) is 0 Å². The SMILES string of the molecule is CNC(=O)c1csc2c(C(F)(F)F)cc(N3CCN(C[C@@H]4CNCCO4)CC3)nc12. The third kappa shape index (κ3) is 4.39. The first-order chi connectivity index (χ1) is 14.4. The lowest BCUT2D eigenvalue weighted by Gasteiger charge is -2.37. The van der Waals surface area contributed by atoms with Gasteiger partial charge in [0.2, 0.25) is 0 Å². The number of rotatable bonds is 4. The van der Waals surface area contributed by atoms with E-state index < -0.39 is 17.6 Å². The lowest BCUT2D eigenvalue weighted by Crippen LogP contribution is -2.52. The number of hydrogen-bond acceptors (Lipinski definition) is 7. The second kappa shape index (κ2) is 8.66. The smallest absolute Gasteiger partial charge is 0.374 e. The van der Waals surface area contributed by atoms with Crippen molar-refractivity contribution in [2.24, 2.45) is 0 Å². The Morgan fingerprint density at radius 2 is 2.13 bits per heavy atom. The van der Waals surface area contributed by atoms with Crippen molar-refractivity contribution in [2.45, 2.75) is 12.3 Å². The molecular formula is C19H24F3N5O2S. The number of pyridine rings is 1. The van der Waals surface area contributed by atoms with E-state index in [1.807, 2.05) is 4.90 Å². The first-order valence-electron chi connectivity index (χ1n) is 9.88. The second-order valence-electron chi connectivity index (χ2n) is 7.42. The summed E-state index contributed by atoms with van der Waals surface area (Å²) >= 11 is 0.896. The molecule has 2 fully saturated rings. The molecule has 1 amide bonds. The predicted molar refractivity (Wildman–Crippen MR) is 109 cm³/mol. The molecule has 2 aliphatic heterocycles. The van der Waals surface area contributed by atoms with Crippen molar-refractivity contribution in [2.75, 3.05) is 64.4 Å². The van der Waals surface area contributed by atoms with Crippen LogP contribution in [-0.4, -0.2) is 81.4 Å². The number of hydrogen-bond donors (Lipinski definition) is 2. The monoisotopic (exact) mass is 443 g/mol. The van der Waals surface area contributed by atoms with Gasteiger partial charge in [-0.3, -0.25) is 9.69 Å². The van der Waals surface area contributed by atoms with Gasteiger partial charge >= 0.3 is 6.18 Å². The molecular weight excluding hydrogens is 419 g/mol. The Morgan fingerprint density at radius 3 is 2.77 bits per heavy atom. The summed E-state index contributed by atoms with van der Waals surface area (Å²) in [5.41, 5.74) is -0.467. The number of anilines is 1. The van der Waals surface area contributed by atoms with Crippen LogP contribution in [0.5, 0.6) is 0 Å². The van der Waals surface area contributed by atoms with Crippen LogP contribution in [0, 0.1) is 0 Å². The van der Waals surface area contributed by atoms with Gasteiger partial charge in [0.05, 0.1) is 34.1 Å². The summed E-state index contributed by atoms with van der Waals surface area (Å²) in [6.45, 7) is 5.73. The van der Waals surface area contributed by atoms with Crippen LogP contribution in [0.2, 0.25) is 0 Å². The van der Waals surface area contributed by atoms with Gasteiger partial charge in [-0.2, -0.15) is 13.2 Å². The van der Waals surface area contributed by atoms with Crippen LogP contribution >= 0.6 is 11.3 Å². The van der Waals surface area contributed by atoms with Crippen LogP contribution in [0.3, 0.4) is 0 Å². The summed E-state index contributed by atoms with van der Waals surface area (Å²) in [5.74, 6) is -0.182. The average Bonchev–Trinajstić information content (AvgIpc) is 3.17. The van der Waals surface area contributed by atoms with Crippen molar-refractivity contribution in [1.29, 1.82) is 0 Å². The molecule has 164 valence electrons. The molecule has 4 heterocycles. The third-order valence-corrected chi connectivity index (χ3v) is 6.45. The van der Waals surface area contributed by atoms with Crippen LogP contribution in [0.1, 0.15) is 15.9 Å². The fourth-order valence-electron chi connectivity index (χ4n) is 3.85. The molecule has 30 heavy (non-hydrogen) atoms. The van der Waals surface area contributed by atoms with E-state index in [0.29, 0.717) is 32.8 Å². The molecule has 0 spiro atoms. The maximum atomic E-state index is 13.7. The number of halogens is 3. The quantitative estimate of drug-likeness (QED) is 0.751. The highest BCUT2D eigenvalue weighted by molar-refractivity contribution is 7.17. The predicted octanol–water partition coefficient (Wildman–Crippen LogP) is 1.79. The van der Waals surface area contributed by atoms with Crippen molar-refractivity contribution in [3.8, 4) is 0 Å². The third-order valence-electron chi connectivity index (χ3n) is 5.45. The van der Waals surface area contributed by atoms with Gasteiger partial charge in [-0.05, 0) is 6.07 Å². The highest BCUT2D eigenvalue weighted by Crippen LogP contribution is 2.40. The molecule has 1 atom stereocenters. The number of nitrogens with one attached hydrogen (secondary N) is 2. The van der Waals surface area contributed by atoms with Gasteiger partial charge < -0.3 is 20.3 Å². The van der Waals surface area contributed by atoms with E-state index in [9.17, 15) is 18.0 Å². The number of ether oxygens (including phenoxy) is 1. The molecule has 2 saturated heterocycles. The number of carbonyl (C=O) groups excluding carboxylic acids is 1. The van der Waals surface area contributed by atoms with E-state index in [0.717, 1.165) is 37.0 Å². The zero-order valence-corrected chi connectivity index (χ0v) is 17.4. The van der Waals surface area contributed by atoms with Crippen LogP contribution in [0.25, 0.3) is 10.2 Å². The maximum absolute atomic E-state index is 13.7. The number of amides is 1. The van der Waals surface area contributed by atoms with Crippen LogP contribution < -0.4 is 15.5 Å². The fraction of sp³-hybridized carbons (Fsp3) is 0.579. The molecule has 4 rings (SSSR count). The van der Waals surface area contributed by atoms with Gasteiger partial charge in [0, 0.05) is 58.2 Å². The molecule has 7 nitrogen and oxygen atoms in total. The molecule has 0 radical (unpaired) electrons. The first-order valence-corrected chi connectivity index (χ1v) is 10.8. The topological polar surface area (TPSA) is 69.7 Å². The minimum Gasteiger partial charge on any atom is -0.374 e. The zero-order valence-electron chi connectivity index (χ0n) is 16.6. The summed E-state index contributed by atoms with van der Waals surface area (Å²) in [7, 11) is 1.45. The van der Waals surface area contributed by atoms with E-state index >= 15 is 0 Å². The molecule has 0 aliphatic carbocycles. The Balaban J connectivity index is 1.56. The van der Waals surface area contributed by atoms with Crippen molar-refractivity contribution in [3.05, 3.63) is 22.6 Å². The lowest BCUT2D eigenvalue weighted by atomic mass is 10.1. The van der Waals surface area contributed by atoms with Crippen LogP contribution in [0.4, 0.5) is 19.0 Å². The minimum atomic E-state index is -4.52. The molecule has 2 aromatic heterocycles. The molecule has 2 aliphatic rings. The van der Waals surface area contributed by atoms with Gasteiger partial charge in [0.15, 0.2) is 0 Å².